The number of para-hydroxylation sites is 1. The molecule has 0 aliphatic rings. The number of nitrogens with zero attached hydrogens (tertiary/aromatic N) is 1. The summed E-state index contributed by atoms with van der Waals surface area (Å²) in [4.78, 5) is 2.06. The molecule has 1 aromatic rings. The van der Waals surface area contributed by atoms with Crippen LogP contribution < -0.4 is 10.2 Å². The number of halogens is 1. The second-order valence-corrected chi connectivity index (χ2v) is 4.58. The van der Waals surface area contributed by atoms with Crippen LogP contribution in [0.25, 0.3) is 0 Å². The predicted molar refractivity (Wildman–Crippen MR) is 67.8 cm³/mol. The van der Waals surface area contributed by atoms with Crippen LogP contribution in [-0.4, -0.2) is 20.1 Å². The average Bonchev–Trinajstić information content (AvgIpc) is 2.13. The summed E-state index contributed by atoms with van der Waals surface area (Å²) in [5.74, 6) is 0. The first-order chi connectivity index (χ1) is 7.02. The fraction of sp³-hybridized carbons (Fsp3) is 0.500. The van der Waals surface area contributed by atoms with Crippen molar-refractivity contribution in [3.05, 3.63) is 28.8 Å². The second-order valence-electron chi connectivity index (χ2n) is 4.18. The number of benzene rings is 1. The van der Waals surface area contributed by atoms with Crippen LogP contribution >= 0.6 is 11.6 Å². The number of rotatable bonds is 4. The normalized spacial score (nSPS) is 10.8. The minimum Gasteiger partial charge on any atom is -0.376 e. The molecule has 0 saturated heterocycles. The third kappa shape index (κ3) is 3.40. The molecule has 2 nitrogen and oxygen atoms in total. The van der Waals surface area contributed by atoms with Gasteiger partial charge in [0.25, 0.3) is 0 Å². The second kappa shape index (κ2) is 5.38. The minimum absolute atomic E-state index is 0.485. The molecule has 0 spiro atoms. The Morgan fingerprint density at radius 3 is 2.53 bits per heavy atom. The average molecular weight is 227 g/mol. The highest BCUT2D eigenvalue weighted by molar-refractivity contribution is 6.33. The quantitative estimate of drug-likeness (QED) is 0.850. The first-order valence-electron chi connectivity index (χ1n) is 5.20. The molecule has 15 heavy (non-hydrogen) atoms. The van der Waals surface area contributed by atoms with Crippen molar-refractivity contribution in [3.63, 3.8) is 0 Å². The molecule has 84 valence electrons. The summed E-state index contributed by atoms with van der Waals surface area (Å²) in [5.41, 5.74) is 2.34. The number of hydrogen-bond donors (Lipinski definition) is 1. The zero-order chi connectivity index (χ0) is 11.4. The molecule has 0 unspecified atom stereocenters. The molecule has 0 atom stereocenters. The smallest absolute Gasteiger partial charge is 0.0642 e. The van der Waals surface area contributed by atoms with Crippen molar-refractivity contribution in [3.8, 4) is 0 Å². The Balaban J connectivity index is 2.91. The van der Waals surface area contributed by atoms with Crippen LogP contribution in [0.15, 0.2) is 18.2 Å². The summed E-state index contributed by atoms with van der Waals surface area (Å²) in [5, 5.41) is 4.21. The highest BCUT2D eigenvalue weighted by atomic mass is 35.5. The Morgan fingerprint density at radius 2 is 2.00 bits per heavy atom. The minimum atomic E-state index is 0.485. The molecule has 1 rings (SSSR count). The van der Waals surface area contributed by atoms with Gasteiger partial charge in [-0.2, -0.15) is 0 Å². The van der Waals surface area contributed by atoms with Crippen LogP contribution in [0.4, 0.5) is 5.69 Å². The lowest BCUT2D eigenvalue weighted by molar-refractivity contribution is 0.589. The van der Waals surface area contributed by atoms with Crippen LogP contribution in [0.5, 0.6) is 0 Å². The standard InChI is InChI=1S/C12H19ClN2/c1-9(2)14-8-10-6-5-7-11(13)12(10)15(3)4/h5-7,9,14H,8H2,1-4H3. The maximum absolute atomic E-state index is 6.17. The van der Waals surface area contributed by atoms with Crippen molar-refractivity contribution in [2.24, 2.45) is 0 Å². The Morgan fingerprint density at radius 1 is 1.33 bits per heavy atom. The van der Waals surface area contributed by atoms with Gasteiger partial charge in [-0.15, -0.1) is 0 Å². The summed E-state index contributed by atoms with van der Waals surface area (Å²) in [6, 6.07) is 6.51. The molecule has 1 aromatic carbocycles. The topological polar surface area (TPSA) is 15.3 Å². The van der Waals surface area contributed by atoms with Gasteiger partial charge in [-0.1, -0.05) is 37.6 Å². The number of anilines is 1. The maximum atomic E-state index is 6.17. The SMILES string of the molecule is CC(C)NCc1cccc(Cl)c1N(C)C. The highest BCUT2D eigenvalue weighted by Crippen LogP contribution is 2.28. The van der Waals surface area contributed by atoms with E-state index in [1.54, 1.807) is 0 Å². The van der Waals surface area contributed by atoms with Gasteiger partial charge < -0.3 is 10.2 Å². The van der Waals surface area contributed by atoms with Gasteiger partial charge in [-0.05, 0) is 11.6 Å². The fourth-order valence-corrected chi connectivity index (χ4v) is 1.88. The molecule has 0 aliphatic carbocycles. The molecule has 1 N–H and O–H groups in total. The maximum Gasteiger partial charge on any atom is 0.0642 e. The summed E-state index contributed by atoms with van der Waals surface area (Å²) in [6.45, 7) is 5.13. The predicted octanol–water partition coefficient (Wildman–Crippen LogP) is 2.90. The van der Waals surface area contributed by atoms with E-state index in [9.17, 15) is 0 Å². The summed E-state index contributed by atoms with van der Waals surface area (Å²) >= 11 is 6.17. The Labute approximate surface area is 97.2 Å². The summed E-state index contributed by atoms with van der Waals surface area (Å²) < 4.78 is 0. The van der Waals surface area contributed by atoms with Crippen molar-refractivity contribution in [1.29, 1.82) is 0 Å². The van der Waals surface area contributed by atoms with E-state index in [1.165, 1.54) is 5.56 Å². The monoisotopic (exact) mass is 226 g/mol. The van der Waals surface area contributed by atoms with Crippen molar-refractivity contribution >= 4 is 17.3 Å². The van der Waals surface area contributed by atoms with Crippen LogP contribution in [0.1, 0.15) is 19.4 Å². The molecular formula is C12H19ClN2. The fourth-order valence-electron chi connectivity index (χ4n) is 1.52. The summed E-state index contributed by atoms with van der Waals surface area (Å²) in [6.07, 6.45) is 0. The molecule has 0 amide bonds. The highest BCUT2D eigenvalue weighted by Gasteiger charge is 2.08. The lowest BCUT2D eigenvalue weighted by Crippen LogP contribution is -2.23. The van der Waals surface area contributed by atoms with Gasteiger partial charge in [0.15, 0.2) is 0 Å². The van der Waals surface area contributed by atoms with Gasteiger partial charge in [0.1, 0.15) is 0 Å². The van der Waals surface area contributed by atoms with Crippen LogP contribution in [0.3, 0.4) is 0 Å². The van der Waals surface area contributed by atoms with Crippen molar-refractivity contribution < 1.29 is 0 Å². The van der Waals surface area contributed by atoms with Gasteiger partial charge >= 0.3 is 0 Å². The zero-order valence-electron chi connectivity index (χ0n) is 9.84. The molecule has 0 bridgehead atoms. The van der Waals surface area contributed by atoms with Crippen molar-refractivity contribution in [1.82, 2.24) is 5.32 Å². The lowest BCUT2D eigenvalue weighted by Gasteiger charge is -2.20. The molecule has 0 heterocycles. The molecule has 0 radical (unpaired) electrons. The zero-order valence-corrected chi connectivity index (χ0v) is 10.6. The molecule has 3 heteroatoms. The van der Waals surface area contributed by atoms with Crippen molar-refractivity contribution in [2.75, 3.05) is 19.0 Å². The summed E-state index contributed by atoms with van der Waals surface area (Å²) in [7, 11) is 4.03. The van der Waals surface area contributed by atoms with E-state index >= 15 is 0 Å². The Hall–Kier alpha value is -0.730. The molecule has 0 aromatic heterocycles. The van der Waals surface area contributed by atoms with E-state index in [2.05, 4.69) is 30.1 Å². The molecule has 0 saturated carbocycles. The van der Waals surface area contributed by atoms with E-state index in [1.807, 2.05) is 26.2 Å². The van der Waals surface area contributed by atoms with Gasteiger partial charge in [-0.25, -0.2) is 0 Å². The third-order valence-corrected chi connectivity index (χ3v) is 2.52. The largest absolute Gasteiger partial charge is 0.376 e. The first kappa shape index (κ1) is 12.3. The number of hydrogen-bond acceptors (Lipinski definition) is 2. The third-order valence-electron chi connectivity index (χ3n) is 2.22. The Kier molecular flexibility index (Phi) is 4.43. The molecule has 0 fully saturated rings. The van der Waals surface area contributed by atoms with Crippen LogP contribution in [-0.2, 0) is 6.54 Å². The van der Waals surface area contributed by atoms with Gasteiger partial charge in [0.2, 0.25) is 0 Å². The van der Waals surface area contributed by atoms with Gasteiger partial charge in [0, 0.05) is 26.7 Å². The van der Waals surface area contributed by atoms with Gasteiger partial charge in [0.05, 0.1) is 10.7 Å². The van der Waals surface area contributed by atoms with Crippen LogP contribution in [0, 0.1) is 0 Å². The first-order valence-corrected chi connectivity index (χ1v) is 5.58. The molecule has 0 aliphatic heterocycles. The molecular weight excluding hydrogens is 208 g/mol. The van der Waals surface area contributed by atoms with Crippen molar-refractivity contribution in [2.45, 2.75) is 26.4 Å². The van der Waals surface area contributed by atoms with E-state index in [4.69, 9.17) is 11.6 Å². The Bertz CT molecular complexity index is 321. The van der Waals surface area contributed by atoms with Gasteiger partial charge in [-0.3, -0.25) is 0 Å². The van der Waals surface area contributed by atoms with Crippen LogP contribution in [0.2, 0.25) is 5.02 Å². The van der Waals surface area contributed by atoms with E-state index in [-0.39, 0.29) is 0 Å². The van der Waals surface area contributed by atoms with E-state index < -0.39 is 0 Å². The van der Waals surface area contributed by atoms with E-state index in [0.717, 1.165) is 17.3 Å². The number of nitrogens with one attached hydrogen (secondary N) is 1. The lowest BCUT2D eigenvalue weighted by atomic mass is 10.1. The van der Waals surface area contributed by atoms with E-state index in [0.29, 0.717) is 6.04 Å².